The van der Waals surface area contributed by atoms with Crippen LogP contribution in [0.1, 0.15) is 85.5 Å². The monoisotopic (exact) mass is 910 g/mol. The third kappa shape index (κ3) is 9.31. The molecular formula is C46H51FN8O11. The van der Waals surface area contributed by atoms with Crippen molar-refractivity contribution in [2.45, 2.75) is 96.7 Å². The molecule has 0 bridgehead atoms. The van der Waals surface area contributed by atoms with Gasteiger partial charge in [0.15, 0.2) is 5.60 Å². The van der Waals surface area contributed by atoms with E-state index in [1.807, 2.05) is 0 Å². The van der Waals surface area contributed by atoms with Gasteiger partial charge in [0.2, 0.25) is 29.5 Å². The highest BCUT2D eigenvalue weighted by Crippen LogP contribution is 2.47. The number of pyridine rings is 2. The molecule has 0 spiro atoms. The zero-order valence-electron chi connectivity index (χ0n) is 37.1. The average molecular weight is 911 g/mol. The zero-order chi connectivity index (χ0) is 47.8. The van der Waals surface area contributed by atoms with Crippen molar-refractivity contribution in [1.29, 1.82) is 0 Å². The van der Waals surface area contributed by atoms with Gasteiger partial charge in [-0.2, -0.15) is 0 Å². The number of hydrogen-bond acceptors (Lipinski definition) is 12. The topological polar surface area (TPSA) is 270 Å². The molecule has 20 heteroatoms. The first-order valence-electron chi connectivity index (χ1n) is 21.4. The fraction of sp³-hybridized carbons (Fsp3) is 0.413. The van der Waals surface area contributed by atoms with Crippen molar-refractivity contribution < 1.29 is 52.5 Å². The van der Waals surface area contributed by atoms with Crippen LogP contribution in [0, 0.1) is 12.7 Å². The molecule has 2 aromatic heterocycles. The molecule has 0 saturated heterocycles. The second-order valence-corrected chi connectivity index (χ2v) is 17.5. The number of carbonyl (C=O) groups is 7. The number of rotatable bonds is 14. The van der Waals surface area contributed by atoms with Crippen LogP contribution in [0.4, 0.5) is 9.18 Å². The number of nitrogens with two attached hydrogens (primary N) is 1. The number of aryl methyl sites for hydroxylation is 1. The molecule has 0 saturated carbocycles. The molecule has 348 valence electrons. The van der Waals surface area contributed by atoms with Crippen LogP contribution in [0.3, 0.4) is 0 Å². The summed E-state index contributed by atoms with van der Waals surface area (Å²) in [5.74, 6) is -5.24. The standard InChI is InChI=1S/C46H51FN8O11/c1-6-46(64)28-15-33-40-26(20-55(33)42(61)27(28)22-65-43(46)62)39-32(13-12-25-23(2)29(47)16-30(53-40)38(25)39)54(21-34(48)56)37(59)19-50-41(60)31(14-24-10-8-7-9-11-24)52-36(58)18-49-35(57)17-51-44(63)66-45(3,4)5/h7-11,15-16,31-32,64H,6,12-14,17-22H2,1-5H3,(H2,48,56)(H,49,57)(H,50,60)(H,51,63)(H,52,58)/t31-,32-,46-/m0/s1. The third-order valence-corrected chi connectivity index (χ3v) is 12.0. The number of hydrogen-bond donors (Lipinski definition) is 6. The molecule has 66 heavy (non-hydrogen) atoms. The largest absolute Gasteiger partial charge is 0.458 e. The molecule has 2 aliphatic heterocycles. The van der Waals surface area contributed by atoms with Crippen molar-refractivity contribution in [3.63, 3.8) is 0 Å². The van der Waals surface area contributed by atoms with Crippen molar-refractivity contribution in [2.24, 2.45) is 5.73 Å². The Kier molecular flexibility index (Phi) is 13.0. The lowest BCUT2D eigenvalue weighted by Gasteiger charge is -2.37. The number of nitrogens with one attached hydrogen (secondary N) is 4. The maximum absolute atomic E-state index is 15.6. The summed E-state index contributed by atoms with van der Waals surface area (Å²) >= 11 is 0. The van der Waals surface area contributed by atoms with E-state index in [-0.39, 0.29) is 66.9 Å². The summed E-state index contributed by atoms with van der Waals surface area (Å²) in [5.41, 5.74) is 5.85. The second kappa shape index (κ2) is 18.3. The number of esters is 1. The fourth-order valence-electron chi connectivity index (χ4n) is 8.78. The predicted octanol–water partition coefficient (Wildman–Crippen LogP) is 1.31. The number of halogens is 1. The number of ether oxygens (including phenoxy) is 2. The van der Waals surface area contributed by atoms with E-state index < -0.39 is 102 Å². The molecule has 3 aliphatic rings. The van der Waals surface area contributed by atoms with Crippen molar-refractivity contribution in [2.75, 3.05) is 26.2 Å². The van der Waals surface area contributed by atoms with Crippen molar-refractivity contribution >= 4 is 52.5 Å². The van der Waals surface area contributed by atoms with Crippen LogP contribution < -0.4 is 32.6 Å². The van der Waals surface area contributed by atoms with Gasteiger partial charge in [-0.25, -0.2) is 19.0 Å². The van der Waals surface area contributed by atoms with Gasteiger partial charge in [0.1, 0.15) is 30.6 Å². The molecule has 4 heterocycles. The molecule has 0 radical (unpaired) electrons. The Morgan fingerprint density at radius 2 is 1.73 bits per heavy atom. The minimum absolute atomic E-state index is 0.0124. The quantitative estimate of drug-likeness (QED) is 0.0862. The summed E-state index contributed by atoms with van der Waals surface area (Å²) < 4.78 is 27.3. The molecular weight excluding hydrogens is 860 g/mol. The van der Waals surface area contributed by atoms with Gasteiger partial charge in [-0.15, -0.1) is 0 Å². The molecule has 7 N–H and O–H groups in total. The summed E-state index contributed by atoms with van der Waals surface area (Å²) in [6, 6.07) is 9.35. The van der Waals surface area contributed by atoms with Crippen LogP contribution in [-0.2, 0) is 69.8 Å². The lowest BCUT2D eigenvalue weighted by atomic mass is 9.81. The summed E-state index contributed by atoms with van der Waals surface area (Å²) in [7, 11) is 0. The van der Waals surface area contributed by atoms with E-state index in [0.29, 0.717) is 33.2 Å². The van der Waals surface area contributed by atoms with Crippen LogP contribution >= 0.6 is 0 Å². The lowest BCUT2D eigenvalue weighted by molar-refractivity contribution is -0.172. The molecule has 0 unspecified atom stereocenters. The van der Waals surface area contributed by atoms with Crippen LogP contribution in [-0.4, -0.2) is 99.0 Å². The number of aliphatic hydroxyl groups is 1. The van der Waals surface area contributed by atoms with Gasteiger partial charge in [-0.05, 0) is 75.3 Å². The summed E-state index contributed by atoms with van der Waals surface area (Å²) in [6.07, 6.45) is -0.487. The van der Waals surface area contributed by atoms with Gasteiger partial charge in [-0.1, -0.05) is 37.3 Å². The number of alkyl carbamates (subject to hydrolysis) is 1. The number of carbonyl (C=O) groups excluding carboxylic acids is 7. The number of fused-ring (bicyclic) bond motifs is 5. The number of primary amides is 1. The maximum atomic E-state index is 15.6. The lowest BCUT2D eigenvalue weighted by Crippen LogP contribution is -2.53. The molecule has 7 rings (SSSR count). The predicted molar refractivity (Wildman–Crippen MR) is 234 cm³/mol. The number of nitrogens with zero attached hydrogens (tertiary/aromatic N) is 3. The Bertz CT molecular complexity index is 2750. The van der Waals surface area contributed by atoms with Gasteiger partial charge in [0.05, 0.1) is 54.7 Å². The van der Waals surface area contributed by atoms with Crippen LogP contribution in [0.25, 0.3) is 22.3 Å². The first-order chi connectivity index (χ1) is 31.2. The Morgan fingerprint density at radius 3 is 2.41 bits per heavy atom. The van der Waals surface area contributed by atoms with E-state index in [9.17, 15) is 43.5 Å². The SMILES string of the molecule is CC[C@@]1(O)C(=O)OCc2c1cc1n(c2=O)Cc2c-1nc1cc(F)c(C)c3c1c2[C@@H](N(CC(N)=O)C(=O)CNC(=O)[C@H](Cc1ccccc1)NC(=O)CNC(=O)CNC(=O)OC(C)(C)C)CC3. The van der Waals surface area contributed by atoms with Gasteiger partial charge in [0, 0.05) is 29.0 Å². The number of amides is 6. The molecule has 4 aromatic rings. The zero-order valence-corrected chi connectivity index (χ0v) is 37.1. The van der Waals surface area contributed by atoms with Crippen molar-refractivity contribution in [1.82, 2.24) is 35.7 Å². The summed E-state index contributed by atoms with van der Waals surface area (Å²) in [6.45, 7) is 5.47. The summed E-state index contributed by atoms with van der Waals surface area (Å²) in [5, 5.41) is 21.8. The van der Waals surface area contributed by atoms with E-state index >= 15 is 4.39 Å². The van der Waals surface area contributed by atoms with Crippen LogP contribution in [0.2, 0.25) is 0 Å². The summed E-state index contributed by atoms with van der Waals surface area (Å²) in [4.78, 5) is 111. The third-order valence-electron chi connectivity index (χ3n) is 12.0. The first kappa shape index (κ1) is 46.8. The average Bonchev–Trinajstić information content (AvgIpc) is 3.64. The highest BCUT2D eigenvalue weighted by Gasteiger charge is 2.46. The van der Waals surface area contributed by atoms with Crippen LogP contribution in [0.5, 0.6) is 0 Å². The van der Waals surface area contributed by atoms with Crippen molar-refractivity contribution in [3.05, 3.63) is 97.6 Å². The molecule has 19 nitrogen and oxygen atoms in total. The number of aromatic nitrogens is 2. The Hall–Kier alpha value is -7.22. The molecule has 1 aliphatic carbocycles. The Labute approximate surface area is 377 Å². The van der Waals surface area contributed by atoms with Gasteiger partial charge in [0.25, 0.3) is 5.56 Å². The molecule has 3 atom stereocenters. The normalized spacial score (nSPS) is 17.3. The van der Waals surface area contributed by atoms with Crippen molar-refractivity contribution in [3.8, 4) is 11.4 Å². The Morgan fingerprint density at radius 1 is 1.02 bits per heavy atom. The first-order valence-corrected chi connectivity index (χ1v) is 21.4. The van der Waals surface area contributed by atoms with Gasteiger partial charge < -0.3 is 51.0 Å². The van der Waals surface area contributed by atoms with Gasteiger partial charge in [-0.3, -0.25) is 28.8 Å². The molecule has 2 aromatic carbocycles. The van der Waals surface area contributed by atoms with Gasteiger partial charge >= 0.3 is 12.1 Å². The molecule has 0 fully saturated rings. The van der Waals surface area contributed by atoms with E-state index in [4.69, 9.17) is 20.2 Å². The van der Waals surface area contributed by atoms with E-state index in [1.165, 1.54) is 21.6 Å². The molecule has 6 amide bonds. The van der Waals surface area contributed by atoms with Crippen LogP contribution in [0.15, 0.2) is 47.3 Å². The smallest absolute Gasteiger partial charge is 0.408 e. The second-order valence-electron chi connectivity index (χ2n) is 17.5. The minimum atomic E-state index is -2.11. The highest BCUT2D eigenvalue weighted by molar-refractivity contribution is 5.96. The Balaban J connectivity index is 1.16. The number of benzene rings is 2. The van der Waals surface area contributed by atoms with E-state index in [0.717, 1.165) is 0 Å². The maximum Gasteiger partial charge on any atom is 0.408 e. The number of cyclic esters (lactones) is 1. The fourth-order valence-corrected chi connectivity index (χ4v) is 8.78. The van der Waals surface area contributed by atoms with E-state index in [2.05, 4.69) is 21.3 Å². The van der Waals surface area contributed by atoms with E-state index in [1.54, 1.807) is 65.0 Å². The highest BCUT2D eigenvalue weighted by atomic mass is 19.1. The minimum Gasteiger partial charge on any atom is -0.458 e.